The van der Waals surface area contributed by atoms with Gasteiger partial charge in [-0.1, -0.05) is 99.7 Å². The number of hydrogen-bond acceptors (Lipinski definition) is 9. The molecule has 0 spiro atoms. The lowest BCUT2D eigenvalue weighted by Crippen LogP contribution is -2.47. The Hall–Kier alpha value is -5.52. The number of aromatic nitrogens is 1. The summed E-state index contributed by atoms with van der Waals surface area (Å²) in [5.74, 6) is 0.122. The van der Waals surface area contributed by atoms with Crippen LogP contribution in [0.5, 0.6) is 0 Å². The summed E-state index contributed by atoms with van der Waals surface area (Å²) in [4.78, 5) is 46.0. The van der Waals surface area contributed by atoms with Gasteiger partial charge in [-0.2, -0.15) is 0 Å². The van der Waals surface area contributed by atoms with Crippen molar-refractivity contribution in [3.8, 4) is 22.6 Å². The van der Waals surface area contributed by atoms with Gasteiger partial charge in [0.1, 0.15) is 18.0 Å². The number of aryl methyl sites for hydroxylation is 1. The Morgan fingerprint density at radius 3 is 2.07 bits per heavy atom. The van der Waals surface area contributed by atoms with E-state index in [1.54, 1.807) is 13.8 Å². The van der Waals surface area contributed by atoms with Gasteiger partial charge in [0.05, 0.1) is 18.3 Å². The standard InChI is InChI=1S/C46H56N4O7.C2H6/c1-10-18-33(25-30(2)31(3)56-46(8,9)43(52)57-45(5,6)7)26-50(27-40-32(4)55-42(47-40)34-19-12-11-13-20-34)28-41(51)48-49-44(53)54-29-39-37-23-16-14-21-35(37)36-22-15-17-24-38(36)39;1-2/h11-25,31,39H,10,26-29H2,1-9H3,(H,48,51)(H,49,53);1-2H3/b30-25-,33-18+;. The molecule has 3 aromatic carbocycles. The molecule has 0 radical (unpaired) electrons. The van der Waals surface area contributed by atoms with Gasteiger partial charge in [-0.05, 0) is 107 Å². The van der Waals surface area contributed by atoms with Crippen LogP contribution in [-0.2, 0) is 30.3 Å². The third-order valence-electron chi connectivity index (χ3n) is 9.59. The Bertz CT molecular complexity index is 2050. The van der Waals surface area contributed by atoms with Crippen molar-refractivity contribution in [2.24, 2.45) is 0 Å². The third kappa shape index (κ3) is 13.0. The minimum Gasteiger partial charge on any atom is -0.458 e. The molecule has 59 heavy (non-hydrogen) atoms. The smallest absolute Gasteiger partial charge is 0.426 e. The van der Waals surface area contributed by atoms with Crippen LogP contribution in [0.1, 0.15) is 104 Å². The fourth-order valence-electron chi connectivity index (χ4n) is 6.74. The van der Waals surface area contributed by atoms with E-state index in [0.29, 0.717) is 23.9 Å². The van der Waals surface area contributed by atoms with E-state index >= 15 is 0 Å². The van der Waals surface area contributed by atoms with Crippen molar-refractivity contribution >= 4 is 18.0 Å². The second-order valence-electron chi connectivity index (χ2n) is 15.9. The molecule has 5 rings (SSSR count). The van der Waals surface area contributed by atoms with Crippen LogP contribution in [0, 0.1) is 6.92 Å². The molecule has 4 aromatic rings. The molecule has 11 heteroatoms. The quantitative estimate of drug-likeness (QED) is 0.0685. The molecular formula is C48H62N4O7. The number of hydrazine groups is 1. The Morgan fingerprint density at radius 1 is 0.881 bits per heavy atom. The van der Waals surface area contributed by atoms with E-state index in [-0.39, 0.29) is 25.6 Å². The molecule has 1 atom stereocenters. The van der Waals surface area contributed by atoms with Crippen molar-refractivity contribution in [3.05, 3.63) is 125 Å². The second-order valence-corrected chi connectivity index (χ2v) is 15.9. The van der Waals surface area contributed by atoms with Gasteiger partial charge in [0, 0.05) is 24.6 Å². The van der Waals surface area contributed by atoms with E-state index in [1.807, 2.05) is 140 Å². The number of nitrogens with zero attached hydrogens (tertiary/aromatic N) is 2. The zero-order valence-corrected chi connectivity index (χ0v) is 36.6. The summed E-state index contributed by atoms with van der Waals surface area (Å²) >= 11 is 0. The Labute approximate surface area is 350 Å². The monoisotopic (exact) mass is 806 g/mol. The number of fused-ring (bicyclic) bond motifs is 3. The van der Waals surface area contributed by atoms with E-state index in [0.717, 1.165) is 45.4 Å². The molecule has 0 bridgehead atoms. The van der Waals surface area contributed by atoms with Crippen molar-refractivity contribution in [1.82, 2.24) is 20.7 Å². The minimum absolute atomic E-state index is 0.0811. The maximum absolute atomic E-state index is 13.5. The number of nitrogens with one attached hydrogen (secondary N) is 2. The highest BCUT2D eigenvalue weighted by molar-refractivity contribution is 5.81. The average molecular weight is 807 g/mol. The van der Waals surface area contributed by atoms with Crippen molar-refractivity contribution in [2.75, 3.05) is 19.7 Å². The van der Waals surface area contributed by atoms with Crippen LogP contribution in [0.25, 0.3) is 22.6 Å². The van der Waals surface area contributed by atoms with Crippen LogP contribution in [0.2, 0.25) is 0 Å². The molecular weight excluding hydrogens is 745 g/mol. The maximum atomic E-state index is 13.5. The summed E-state index contributed by atoms with van der Waals surface area (Å²) in [7, 11) is 0. The molecule has 1 heterocycles. The zero-order valence-electron chi connectivity index (χ0n) is 36.6. The number of esters is 1. The van der Waals surface area contributed by atoms with Crippen molar-refractivity contribution in [1.29, 1.82) is 0 Å². The number of benzene rings is 3. The number of rotatable bonds is 15. The van der Waals surface area contributed by atoms with Gasteiger partial charge >= 0.3 is 12.1 Å². The molecule has 11 nitrogen and oxygen atoms in total. The Morgan fingerprint density at radius 2 is 1.47 bits per heavy atom. The molecule has 1 aromatic heterocycles. The molecule has 0 aliphatic heterocycles. The number of carbonyl (C=O) groups excluding carboxylic acids is 3. The normalized spacial score (nSPS) is 13.5. The lowest BCUT2D eigenvalue weighted by Gasteiger charge is -2.31. The number of amides is 2. The lowest BCUT2D eigenvalue weighted by atomic mass is 9.98. The number of oxazole rings is 1. The molecule has 2 N–H and O–H groups in total. The van der Waals surface area contributed by atoms with Crippen LogP contribution >= 0.6 is 0 Å². The number of allylic oxidation sites excluding steroid dienone is 1. The topological polar surface area (TPSA) is 132 Å². The fraction of sp³-hybridized carbons (Fsp3) is 0.417. The highest BCUT2D eigenvalue weighted by Crippen LogP contribution is 2.44. The van der Waals surface area contributed by atoms with E-state index in [1.165, 1.54) is 0 Å². The van der Waals surface area contributed by atoms with E-state index in [9.17, 15) is 14.4 Å². The van der Waals surface area contributed by atoms with E-state index < -0.39 is 35.3 Å². The fourth-order valence-corrected chi connectivity index (χ4v) is 6.74. The summed E-state index contributed by atoms with van der Waals surface area (Å²) in [6.45, 7) is 21.3. The van der Waals surface area contributed by atoms with Gasteiger partial charge in [0.15, 0.2) is 5.60 Å². The van der Waals surface area contributed by atoms with Gasteiger partial charge in [-0.25, -0.2) is 20.0 Å². The molecule has 1 aliphatic carbocycles. The van der Waals surface area contributed by atoms with Gasteiger partial charge in [0.2, 0.25) is 5.89 Å². The van der Waals surface area contributed by atoms with Gasteiger partial charge in [-0.15, -0.1) is 0 Å². The van der Waals surface area contributed by atoms with E-state index in [4.69, 9.17) is 23.6 Å². The second kappa shape index (κ2) is 20.9. The maximum Gasteiger partial charge on any atom is 0.426 e. The first-order valence-corrected chi connectivity index (χ1v) is 20.5. The zero-order chi connectivity index (χ0) is 43.3. The predicted octanol–water partition coefficient (Wildman–Crippen LogP) is 9.86. The van der Waals surface area contributed by atoms with Crippen LogP contribution in [0.3, 0.4) is 0 Å². The largest absolute Gasteiger partial charge is 0.458 e. The molecule has 2 amide bonds. The van der Waals surface area contributed by atoms with Crippen LogP contribution in [0.15, 0.2) is 107 Å². The van der Waals surface area contributed by atoms with Crippen molar-refractivity contribution in [2.45, 2.75) is 112 Å². The van der Waals surface area contributed by atoms with Gasteiger partial charge in [-0.3, -0.25) is 15.1 Å². The number of ether oxygens (including phenoxy) is 3. The summed E-state index contributed by atoms with van der Waals surface area (Å²) in [6.07, 6.45) is 3.66. The summed E-state index contributed by atoms with van der Waals surface area (Å²) in [6, 6.07) is 25.8. The molecule has 0 fully saturated rings. The van der Waals surface area contributed by atoms with Crippen LogP contribution in [-0.4, -0.2) is 64.9 Å². The first-order valence-electron chi connectivity index (χ1n) is 20.5. The SMILES string of the molecule is CC.CC/C=C(\C=C(\C)C(C)OC(C)(C)C(=O)OC(C)(C)C)CN(CC(=O)NNC(=O)OCC1c2ccccc2-c2ccccc21)Cc1nc(-c2ccccc2)oc1C. The Kier molecular flexibility index (Phi) is 16.4. The van der Waals surface area contributed by atoms with Crippen LogP contribution in [0.4, 0.5) is 4.79 Å². The molecule has 0 saturated heterocycles. The summed E-state index contributed by atoms with van der Waals surface area (Å²) in [5, 5.41) is 0. The van der Waals surface area contributed by atoms with E-state index in [2.05, 4.69) is 29.1 Å². The third-order valence-corrected chi connectivity index (χ3v) is 9.59. The number of carbonyl (C=O) groups is 3. The van der Waals surface area contributed by atoms with Crippen molar-refractivity contribution < 1.29 is 33.0 Å². The van der Waals surface area contributed by atoms with Crippen LogP contribution < -0.4 is 10.9 Å². The summed E-state index contributed by atoms with van der Waals surface area (Å²) < 4.78 is 23.5. The van der Waals surface area contributed by atoms with Crippen molar-refractivity contribution in [3.63, 3.8) is 0 Å². The highest BCUT2D eigenvalue weighted by Gasteiger charge is 2.35. The summed E-state index contributed by atoms with van der Waals surface area (Å²) in [5.41, 5.74) is 10.9. The molecule has 1 aliphatic rings. The molecule has 0 saturated carbocycles. The lowest BCUT2D eigenvalue weighted by molar-refractivity contribution is -0.183. The highest BCUT2D eigenvalue weighted by atomic mass is 16.6. The Balaban J connectivity index is 0.00000378. The first kappa shape index (κ1) is 46.2. The van der Waals surface area contributed by atoms with Gasteiger partial charge < -0.3 is 18.6 Å². The molecule has 316 valence electrons. The first-order chi connectivity index (χ1) is 28.0. The van der Waals surface area contributed by atoms with Gasteiger partial charge in [0.25, 0.3) is 5.91 Å². The molecule has 1 unspecified atom stereocenters. The number of hydrogen-bond donors (Lipinski definition) is 2. The minimum atomic E-state index is -1.18. The predicted molar refractivity (Wildman–Crippen MR) is 232 cm³/mol. The average Bonchev–Trinajstić information content (AvgIpc) is 3.73.